The smallest absolute Gasteiger partial charge is 0.376 e. The van der Waals surface area contributed by atoms with E-state index in [1.807, 2.05) is 20.8 Å². The molecule has 2 N–H and O–H groups in total. The maximum atomic E-state index is 12.9. The van der Waals surface area contributed by atoms with Gasteiger partial charge in [0.05, 0.1) is 12.1 Å². The summed E-state index contributed by atoms with van der Waals surface area (Å²) >= 11 is 5.58. The van der Waals surface area contributed by atoms with Crippen LogP contribution in [0.5, 0.6) is 0 Å². The summed E-state index contributed by atoms with van der Waals surface area (Å²) in [5.74, 6) is -0.370. The van der Waals surface area contributed by atoms with Gasteiger partial charge in [0.2, 0.25) is 5.91 Å². The number of amides is 1. The summed E-state index contributed by atoms with van der Waals surface area (Å²) in [6.07, 6.45) is -3.82. The summed E-state index contributed by atoms with van der Waals surface area (Å²) < 4.78 is 38.6. The number of rotatable bonds is 5. The normalized spacial score (nSPS) is 12.1. The Kier molecular flexibility index (Phi) is 5.50. The summed E-state index contributed by atoms with van der Waals surface area (Å²) in [7, 11) is 0. The Balaban J connectivity index is 2.79. The van der Waals surface area contributed by atoms with Crippen molar-refractivity contribution < 1.29 is 18.0 Å². The SMILES string of the molecule is CCC(C)(C)NC(=O)CNc1ccc(Cl)cc1C(F)(F)F. The fraction of sp³-hybridized carbons (Fsp3) is 0.500. The summed E-state index contributed by atoms with van der Waals surface area (Å²) in [5, 5.41) is 5.23. The van der Waals surface area contributed by atoms with Crippen molar-refractivity contribution in [3.63, 3.8) is 0 Å². The molecular weight excluding hydrogens is 305 g/mol. The van der Waals surface area contributed by atoms with Crippen molar-refractivity contribution in [1.82, 2.24) is 5.32 Å². The molecule has 21 heavy (non-hydrogen) atoms. The first-order valence-electron chi connectivity index (χ1n) is 6.47. The van der Waals surface area contributed by atoms with Gasteiger partial charge in [0.15, 0.2) is 0 Å². The monoisotopic (exact) mass is 322 g/mol. The minimum atomic E-state index is -4.54. The molecule has 0 heterocycles. The maximum Gasteiger partial charge on any atom is 0.418 e. The van der Waals surface area contributed by atoms with Gasteiger partial charge in [0, 0.05) is 16.2 Å². The Morgan fingerprint density at radius 1 is 1.29 bits per heavy atom. The Hall–Kier alpha value is -1.43. The number of hydrogen-bond donors (Lipinski definition) is 2. The van der Waals surface area contributed by atoms with Crippen molar-refractivity contribution in [3.8, 4) is 0 Å². The highest BCUT2D eigenvalue weighted by Gasteiger charge is 2.33. The van der Waals surface area contributed by atoms with E-state index in [1.165, 1.54) is 12.1 Å². The summed E-state index contributed by atoms with van der Waals surface area (Å²) in [6, 6.07) is 3.38. The number of carbonyl (C=O) groups excluding carboxylic acids is 1. The van der Waals surface area contributed by atoms with E-state index in [-0.39, 0.29) is 23.2 Å². The Labute approximate surface area is 126 Å². The molecule has 0 saturated carbocycles. The van der Waals surface area contributed by atoms with E-state index in [9.17, 15) is 18.0 Å². The summed E-state index contributed by atoms with van der Waals surface area (Å²) in [4.78, 5) is 11.7. The van der Waals surface area contributed by atoms with Gasteiger partial charge in [-0.1, -0.05) is 18.5 Å². The summed E-state index contributed by atoms with van der Waals surface area (Å²) in [6.45, 7) is 5.35. The standard InChI is InChI=1S/C14H18ClF3N2O/c1-4-13(2,3)20-12(21)8-19-11-6-5-9(15)7-10(11)14(16,17)18/h5-7,19H,4,8H2,1-3H3,(H,20,21). The molecule has 0 aliphatic carbocycles. The molecule has 1 amide bonds. The Morgan fingerprint density at radius 2 is 1.90 bits per heavy atom. The highest BCUT2D eigenvalue weighted by atomic mass is 35.5. The largest absolute Gasteiger partial charge is 0.418 e. The molecule has 0 unspecified atom stereocenters. The minimum absolute atomic E-state index is 0.00978. The van der Waals surface area contributed by atoms with Gasteiger partial charge in [0.25, 0.3) is 0 Å². The predicted octanol–water partition coefficient (Wildman–Crippen LogP) is 4.08. The Bertz CT molecular complexity index is 515. The molecule has 0 aromatic heterocycles. The van der Waals surface area contributed by atoms with Crippen molar-refractivity contribution >= 4 is 23.2 Å². The lowest BCUT2D eigenvalue weighted by atomic mass is 10.0. The van der Waals surface area contributed by atoms with Crippen LogP contribution in [0.4, 0.5) is 18.9 Å². The highest BCUT2D eigenvalue weighted by molar-refractivity contribution is 6.30. The second-order valence-electron chi connectivity index (χ2n) is 5.33. The first-order valence-corrected chi connectivity index (χ1v) is 6.84. The molecule has 3 nitrogen and oxygen atoms in total. The molecule has 1 rings (SSSR count). The molecule has 118 valence electrons. The van der Waals surface area contributed by atoms with Crippen LogP contribution in [0.3, 0.4) is 0 Å². The zero-order valence-corrected chi connectivity index (χ0v) is 12.8. The van der Waals surface area contributed by atoms with Crippen LogP contribution in [0.2, 0.25) is 5.02 Å². The fourth-order valence-corrected chi connectivity index (χ4v) is 1.76. The van der Waals surface area contributed by atoms with Crippen LogP contribution < -0.4 is 10.6 Å². The van der Waals surface area contributed by atoms with Crippen LogP contribution in [0.1, 0.15) is 32.8 Å². The Morgan fingerprint density at radius 3 is 2.43 bits per heavy atom. The second-order valence-corrected chi connectivity index (χ2v) is 5.76. The molecule has 0 fully saturated rings. The summed E-state index contributed by atoms with van der Waals surface area (Å²) in [5.41, 5.74) is -1.46. The topological polar surface area (TPSA) is 41.1 Å². The number of alkyl halides is 3. The third-order valence-corrected chi connectivity index (χ3v) is 3.32. The molecule has 0 atom stereocenters. The zero-order chi connectivity index (χ0) is 16.3. The zero-order valence-electron chi connectivity index (χ0n) is 12.1. The average molecular weight is 323 g/mol. The van der Waals surface area contributed by atoms with Crippen LogP contribution in [0.25, 0.3) is 0 Å². The van der Waals surface area contributed by atoms with Crippen LogP contribution >= 0.6 is 11.6 Å². The molecule has 0 radical (unpaired) electrons. The van der Waals surface area contributed by atoms with Gasteiger partial charge in [-0.25, -0.2) is 0 Å². The van der Waals surface area contributed by atoms with Crippen molar-refractivity contribution in [1.29, 1.82) is 0 Å². The number of carbonyl (C=O) groups is 1. The van der Waals surface area contributed by atoms with Gasteiger partial charge in [-0.3, -0.25) is 4.79 Å². The lowest BCUT2D eigenvalue weighted by Crippen LogP contribution is -2.45. The fourth-order valence-electron chi connectivity index (χ4n) is 1.59. The first kappa shape index (κ1) is 17.6. The van der Waals surface area contributed by atoms with Crippen molar-refractivity contribution in [2.75, 3.05) is 11.9 Å². The number of hydrogen-bond acceptors (Lipinski definition) is 2. The van der Waals surface area contributed by atoms with E-state index in [1.54, 1.807) is 0 Å². The van der Waals surface area contributed by atoms with Gasteiger partial charge in [0.1, 0.15) is 0 Å². The van der Waals surface area contributed by atoms with Crippen molar-refractivity contribution in [2.45, 2.75) is 38.9 Å². The molecule has 0 spiro atoms. The van der Waals surface area contributed by atoms with Crippen molar-refractivity contribution in [3.05, 3.63) is 28.8 Å². The average Bonchev–Trinajstić information content (AvgIpc) is 2.35. The van der Waals surface area contributed by atoms with Crippen LogP contribution in [-0.2, 0) is 11.0 Å². The first-order chi connectivity index (χ1) is 9.55. The van der Waals surface area contributed by atoms with Crippen LogP contribution in [-0.4, -0.2) is 18.0 Å². The molecule has 1 aromatic rings. The molecule has 7 heteroatoms. The van der Waals surface area contributed by atoms with E-state index < -0.39 is 17.3 Å². The van der Waals surface area contributed by atoms with E-state index in [0.29, 0.717) is 6.42 Å². The molecular formula is C14H18ClF3N2O. The quantitative estimate of drug-likeness (QED) is 0.857. The molecule has 0 saturated heterocycles. The van der Waals surface area contributed by atoms with Gasteiger partial charge in [-0.05, 0) is 38.5 Å². The maximum absolute atomic E-state index is 12.9. The van der Waals surface area contributed by atoms with Gasteiger partial charge in [-0.2, -0.15) is 13.2 Å². The molecule has 0 aliphatic rings. The lowest BCUT2D eigenvalue weighted by Gasteiger charge is -2.25. The number of nitrogens with one attached hydrogen (secondary N) is 2. The minimum Gasteiger partial charge on any atom is -0.376 e. The molecule has 1 aromatic carbocycles. The van der Waals surface area contributed by atoms with E-state index in [2.05, 4.69) is 10.6 Å². The lowest BCUT2D eigenvalue weighted by molar-refractivity contribution is -0.137. The van der Waals surface area contributed by atoms with Crippen molar-refractivity contribution in [2.24, 2.45) is 0 Å². The van der Waals surface area contributed by atoms with Crippen LogP contribution in [0.15, 0.2) is 18.2 Å². The van der Waals surface area contributed by atoms with E-state index in [4.69, 9.17) is 11.6 Å². The van der Waals surface area contributed by atoms with Gasteiger partial charge >= 0.3 is 6.18 Å². The highest BCUT2D eigenvalue weighted by Crippen LogP contribution is 2.36. The predicted molar refractivity (Wildman–Crippen MR) is 77.5 cm³/mol. The van der Waals surface area contributed by atoms with Gasteiger partial charge < -0.3 is 10.6 Å². The number of benzene rings is 1. The second kappa shape index (κ2) is 6.56. The molecule has 0 aliphatic heterocycles. The number of anilines is 1. The van der Waals surface area contributed by atoms with Crippen LogP contribution in [0, 0.1) is 0 Å². The van der Waals surface area contributed by atoms with E-state index in [0.717, 1.165) is 6.07 Å². The third-order valence-electron chi connectivity index (χ3n) is 3.09. The molecule has 0 bridgehead atoms. The number of halogens is 4. The van der Waals surface area contributed by atoms with Gasteiger partial charge in [-0.15, -0.1) is 0 Å². The third kappa shape index (κ3) is 5.46. The van der Waals surface area contributed by atoms with E-state index >= 15 is 0 Å².